The Hall–Kier alpha value is -2.28. The number of benzene rings is 1. The number of carbonyl (C=O) groups is 1. The zero-order chi connectivity index (χ0) is 15.7. The van der Waals surface area contributed by atoms with E-state index in [-0.39, 0.29) is 19.1 Å². The van der Waals surface area contributed by atoms with Crippen molar-refractivity contribution in [2.45, 2.75) is 19.3 Å². The maximum atomic E-state index is 11.0. The molecule has 1 aromatic heterocycles. The summed E-state index contributed by atoms with van der Waals surface area (Å²) in [5, 5.41) is 12.8. The molecular weight excluding hydrogens is 304 g/mol. The Morgan fingerprint density at radius 1 is 1.45 bits per heavy atom. The van der Waals surface area contributed by atoms with E-state index in [1.54, 1.807) is 7.05 Å². The summed E-state index contributed by atoms with van der Waals surface area (Å²) in [6.07, 6.45) is 0.0723. The maximum Gasteiger partial charge on any atom is 0.303 e. The molecule has 0 fully saturated rings. The molecule has 0 saturated heterocycles. The molecular formula is C15H16N2O4S. The lowest BCUT2D eigenvalue weighted by Gasteiger charge is -2.09. The number of ether oxygens (including phenoxy) is 2. The SMILES string of the molecule is CNc1nc(-c2ccc3c(c2)OCO3)c(C(C)CC(=O)O)s1. The lowest BCUT2D eigenvalue weighted by atomic mass is 10.0. The summed E-state index contributed by atoms with van der Waals surface area (Å²) in [6.45, 7) is 2.12. The summed E-state index contributed by atoms with van der Waals surface area (Å²) in [5.41, 5.74) is 1.69. The van der Waals surface area contributed by atoms with Gasteiger partial charge in [-0.2, -0.15) is 0 Å². The molecule has 0 amide bonds. The van der Waals surface area contributed by atoms with Crippen molar-refractivity contribution < 1.29 is 19.4 Å². The van der Waals surface area contributed by atoms with Gasteiger partial charge in [-0.15, -0.1) is 11.3 Å². The number of nitrogens with zero attached hydrogens (tertiary/aromatic N) is 1. The molecule has 2 aromatic rings. The number of carboxylic acid groups (broad SMARTS) is 1. The third-order valence-corrected chi connectivity index (χ3v) is 4.75. The summed E-state index contributed by atoms with van der Waals surface area (Å²) in [4.78, 5) is 16.5. The van der Waals surface area contributed by atoms with Crippen LogP contribution >= 0.6 is 11.3 Å². The number of nitrogens with one attached hydrogen (secondary N) is 1. The van der Waals surface area contributed by atoms with Crippen LogP contribution in [-0.4, -0.2) is 29.9 Å². The van der Waals surface area contributed by atoms with Crippen LogP contribution in [0.4, 0.5) is 5.13 Å². The third kappa shape index (κ3) is 2.71. The number of carboxylic acids is 1. The number of aliphatic carboxylic acids is 1. The molecule has 1 unspecified atom stereocenters. The number of fused-ring (bicyclic) bond motifs is 1. The molecule has 0 spiro atoms. The number of thiazole rings is 1. The molecule has 3 rings (SSSR count). The maximum absolute atomic E-state index is 11.0. The first-order chi connectivity index (χ1) is 10.6. The zero-order valence-corrected chi connectivity index (χ0v) is 13.1. The quantitative estimate of drug-likeness (QED) is 0.881. The Kier molecular flexibility index (Phi) is 3.89. The fourth-order valence-corrected chi connectivity index (χ4v) is 3.37. The second-order valence-corrected chi connectivity index (χ2v) is 6.08. The number of anilines is 1. The van der Waals surface area contributed by atoms with E-state index in [0.717, 1.165) is 21.3 Å². The standard InChI is InChI=1S/C15H16N2O4S/c1-8(5-12(18)19)14-13(17-15(16-2)22-14)9-3-4-10-11(6-9)21-7-20-10/h3-4,6,8H,5,7H2,1-2H3,(H,16,17)(H,18,19). The first-order valence-electron chi connectivity index (χ1n) is 6.88. The van der Waals surface area contributed by atoms with Crippen LogP contribution in [0.5, 0.6) is 11.5 Å². The molecule has 1 aromatic carbocycles. The van der Waals surface area contributed by atoms with Crippen molar-refractivity contribution in [1.82, 2.24) is 4.98 Å². The minimum absolute atomic E-state index is 0.0723. The number of hydrogen-bond acceptors (Lipinski definition) is 6. The Balaban J connectivity index is 2.02. The molecule has 1 atom stereocenters. The van der Waals surface area contributed by atoms with Crippen molar-refractivity contribution in [1.29, 1.82) is 0 Å². The van der Waals surface area contributed by atoms with Crippen molar-refractivity contribution in [3.05, 3.63) is 23.1 Å². The van der Waals surface area contributed by atoms with Crippen LogP contribution in [0.15, 0.2) is 18.2 Å². The minimum Gasteiger partial charge on any atom is -0.481 e. The fraction of sp³-hybridized carbons (Fsp3) is 0.333. The van der Waals surface area contributed by atoms with Crippen LogP contribution in [0.25, 0.3) is 11.3 Å². The van der Waals surface area contributed by atoms with Gasteiger partial charge in [0, 0.05) is 23.4 Å². The smallest absolute Gasteiger partial charge is 0.303 e. The second-order valence-electron chi connectivity index (χ2n) is 5.05. The van der Waals surface area contributed by atoms with Gasteiger partial charge in [-0.3, -0.25) is 4.79 Å². The molecule has 1 aliphatic heterocycles. The van der Waals surface area contributed by atoms with Gasteiger partial charge in [0.25, 0.3) is 0 Å². The van der Waals surface area contributed by atoms with E-state index in [1.165, 1.54) is 11.3 Å². The van der Waals surface area contributed by atoms with Crippen LogP contribution in [-0.2, 0) is 4.79 Å². The normalized spacial score (nSPS) is 13.9. The van der Waals surface area contributed by atoms with E-state index < -0.39 is 5.97 Å². The monoisotopic (exact) mass is 320 g/mol. The number of aromatic nitrogens is 1. The van der Waals surface area contributed by atoms with Gasteiger partial charge in [0.1, 0.15) is 0 Å². The molecule has 0 aliphatic carbocycles. The molecule has 1 aliphatic rings. The molecule has 2 heterocycles. The number of rotatable bonds is 5. The molecule has 2 N–H and O–H groups in total. The largest absolute Gasteiger partial charge is 0.481 e. The summed E-state index contributed by atoms with van der Waals surface area (Å²) < 4.78 is 10.7. The van der Waals surface area contributed by atoms with E-state index in [0.29, 0.717) is 11.5 Å². The van der Waals surface area contributed by atoms with Gasteiger partial charge in [-0.1, -0.05) is 6.92 Å². The van der Waals surface area contributed by atoms with Crippen LogP contribution in [0.3, 0.4) is 0 Å². The Morgan fingerprint density at radius 3 is 2.95 bits per heavy atom. The van der Waals surface area contributed by atoms with Gasteiger partial charge in [-0.25, -0.2) is 4.98 Å². The highest BCUT2D eigenvalue weighted by molar-refractivity contribution is 7.16. The molecule has 0 saturated carbocycles. The van der Waals surface area contributed by atoms with Gasteiger partial charge in [0.2, 0.25) is 6.79 Å². The highest BCUT2D eigenvalue weighted by atomic mass is 32.1. The number of hydrogen-bond donors (Lipinski definition) is 2. The molecule has 6 nitrogen and oxygen atoms in total. The van der Waals surface area contributed by atoms with E-state index in [1.807, 2.05) is 25.1 Å². The highest BCUT2D eigenvalue weighted by Crippen LogP contribution is 2.41. The van der Waals surface area contributed by atoms with Gasteiger partial charge in [-0.05, 0) is 18.2 Å². The van der Waals surface area contributed by atoms with Crippen LogP contribution in [0.2, 0.25) is 0 Å². The Morgan fingerprint density at radius 2 is 2.23 bits per heavy atom. The molecule has 7 heteroatoms. The van der Waals surface area contributed by atoms with Crippen LogP contribution in [0, 0.1) is 0 Å². The summed E-state index contributed by atoms with van der Waals surface area (Å²) in [7, 11) is 1.80. The van der Waals surface area contributed by atoms with Gasteiger partial charge in [0.15, 0.2) is 16.6 Å². The summed E-state index contributed by atoms with van der Waals surface area (Å²) in [5.74, 6) is 0.474. The Bertz CT molecular complexity index is 714. The molecule has 116 valence electrons. The van der Waals surface area contributed by atoms with Gasteiger partial charge < -0.3 is 19.9 Å². The van der Waals surface area contributed by atoms with Crippen molar-refractivity contribution >= 4 is 22.4 Å². The Labute approximate surface area is 131 Å². The van der Waals surface area contributed by atoms with E-state index in [2.05, 4.69) is 10.3 Å². The van der Waals surface area contributed by atoms with Crippen LogP contribution in [0.1, 0.15) is 24.1 Å². The van der Waals surface area contributed by atoms with Crippen molar-refractivity contribution in [3.8, 4) is 22.8 Å². The zero-order valence-electron chi connectivity index (χ0n) is 12.3. The second kappa shape index (κ2) is 5.84. The average Bonchev–Trinajstić information content (AvgIpc) is 3.12. The molecule has 0 bridgehead atoms. The molecule has 22 heavy (non-hydrogen) atoms. The van der Waals surface area contributed by atoms with E-state index in [9.17, 15) is 4.79 Å². The lowest BCUT2D eigenvalue weighted by Crippen LogP contribution is -2.02. The van der Waals surface area contributed by atoms with Crippen molar-refractivity contribution in [2.75, 3.05) is 19.2 Å². The lowest BCUT2D eigenvalue weighted by molar-refractivity contribution is -0.137. The third-order valence-electron chi connectivity index (χ3n) is 3.44. The fourth-order valence-electron chi connectivity index (χ4n) is 2.38. The van der Waals surface area contributed by atoms with E-state index >= 15 is 0 Å². The van der Waals surface area contributed by atoms with Crippen LogP contribution < -0.4 is 14.8 Å². The molecule has 0 radical (unpaired) electrons. The average molecular weight is 320 g/mol. The summed E-state index contributed by atoms with van der Waals surface area (Å²) in [6, 6.07) is 5.65. The summed E-state index contributed by atoms with van der Waals surface area (Å²) >= 11 is 1.48. The van der Waals surface area contributed by atoms with Gasteiger partial charge >= 0.3 is 5.97 Å². The first-order valence-corrected chi connectivity index (χ1v) is 7.70. The predicted molar refractivity (Wildman–Crippen MR) is 83.9 cm³/mol. The van der Waals surface area contributed by atoms with E-state index in [4.69, 9.17) is 14.6 Å². The van der Waals surface area contributed by atoms with Crippen molar-refractivity contribution in [3.63, 3.8) is 0 Å². The predicted octanol–water partition coefficient (Wildman–Crippen LogP) is 3.16. The highest BCUT2D eigenvalue weighted by Gasteiger charge is 2.22. The topological polar surface area (TPSA) is 80.7 Å². The van der Waals surface area contributed by atoms with Crippen molar-refractivity contribution in [2.24, 2.45) is 0 Å². The first kappa shape index (κ1) is 14.6. The minimum atomic E-state index is -0.816. The van der Waals surface area contributed by atoms with Gasteiger partial charge in [0.05, 0.1) is 12.1 Å².